The highest BCUT2D eigenvalue weighted by Gasteiger charge is 2.10. The van der Waals surface area contributed by atoms with Gasteiger partial charge in [0.05, 0.1) is 0 Å². The van der Waals surface area contributed by atoms with Crippen molar-refractivity contribution in [2.75, 3.05) is 11.5 Å². The molecule has 0 saturated carbocycles. The SMILES string of the molecule is Fc1cccc(SCC(CS)c2ccccc2)c1. The lowest BCUT2D eigenvalue weighted by atomic mass is 10.0. The van der Waals surface area contributed by atoms with Gasteiger partial charge in [-0.15, -0.1) is 11.8 Å². The Bertz CT molecular complexity index is 485. The van der Waals surface area contributed by atoms with Crippen molar-refractivity contribution in [2.24, 2.45) is 0 Å². The van der Waals surface area contributed by atoms with E-state index < -0.39 is 0 Å². The van der Waals surface area contributed by atoms with Crippen LogP contribution in [0.5, 0.6) is 0 Å². The van der Waals surface area contributed by atoms with Crippen LogP contribution in [0.15, 0.2) is 59.5 Å². The molecular weight excluding hydrogens is 263 g/mol. The van der Waals surface area contributed by atoms with Crippen LogP contribution in [0.2, 0.25) is 0 Å². The molecule has 0 nitrogen and oxygen atoms in total. The fourth-order valence-corrected chi connectivity index (χ4v) is 3.32. The van der Waals surface area contributed by atoms with Crippen molar-refractivity contribution >= 4 is 24.4 Å². The maximum Gasteiger partial charge on any atom is 0.124 e. The molecule has 0 saturated heterocycles. The first-order chi connectivity index (χ1) is 8.79. The largest absolute Gasteiger partial charge is 0.207 e. The summed E-state index contributed by atoms with van der Waals surface area (Å²) >= 11 is 6.08. The minimum atomic E-state index is -0.179. The zero-order valence-corrected chi connectivity index (χ0v) is 11.6. The molecule has 1 unspecified atom stereocenters. The normalized spacial score (nSPS) is 12.3. The lowest BCUT2D eigenvalue weighted by molar-refractivity contribution is 0.624. The third-order valence-electron chi connectivity index (χ3n) is 2.74. The van der Waals surface area contributed by atoms with E-state index in [1.165, 1.54) is 11.6 Å². The van der Waals surface area contributed by atoms with Gasteiger partial charge in [-0.05, 0) is 29.5 Å². The van der Waals surface area contributed by atoms with E-state index >= 15 is 0 Å². The van der Waals surface area contributed by atoms with E-state index in [0.29, 0.717) is 5.92 Å². The number of rotatable bonds is 5. The predicted octanol–water partition coefficient (Wildman–Crippen LogP) is 4.63. The zero-order valence-electron chi connectivity index (χ0n) is 9.92. The fourth-order valence-electron chi connectivity index (χ4n) is 1.73. The van der Waals surface area contributed by atoms with Crippen LogP contribution in [0.1, 0.15) is 11.5 Å². The predicted molar refractivity (Wildman–Crippen MR) is 80.2 cm³/mol. The second-order valence-corrected chi connectivity index (χ2v) is 5.52. The average Bonchev–Trinajstić information content (AvgIpc) is 2.41. The summed E-state index contributed by atoms with van der Waals surface area (Å²) in [6.07, 6.45) is 0. The Kier molecular flexibility index (Phi) is 5.14. The highest BCUT2D eigenvalue weighted by atomic mass is 32.2. The van der Waals surface area contributed by atoms with Crippen molar-refractivity contribution in [3.8, 4) is 0 Å². The van der Waals surface area contributed by atoms with Crippen LogP contribution in [-0.4, -0.2) is 11.5 Å². The Morgan fingerprint density at radius 2 is 1.83 bits per heavy atom. The molecule has 0 aromatic heterocycles. The molecule has 0 amide bonds. The topological polar surface area (TPSA) is 0 Å². The third-order valence-corrected chi connectivity index (χ3v) is 4.34. The van der Waals surface area contributed by atoms with E-state index in [4.69, 9.17) is 0 Å². The van der Waals surface area contributed by atoms with Crippen LogP contribution >= 0.6 is 24.4 Å². The molecular formula is C15H15FS2. The van der Waals surface area contributed by atoms with E-state index in [1.54, 1.807) is 23.9 Å². The maximum absolute atomic E-state index is 13.1. The molecule has 0 radical (unpaired) electrons. The van der Waals surface area contributed by atoms with Crippen molar-refractivity contribution in [3.63, 3.8) is 0 Å². The van der Waals surface area contributed by atoms with Gasteiger partial charge in [0.1, 0.15) is 5.82 Å². The monoisotopic (exact) mass is 278 g/mol. The number of benzene rings is 2. The van der Waals surface area contributed by atoms with Crippen LogP contribution < -0.4 is 0 Å². The third kappa shape index (κ3) is 3.79. The second-order valence-electron chi connectivity index (χ2n) is 4.06. The summed E-state index contributed by atoms with van der Waals surface area (Å²) in [6, 6.07) is 17.1. The summed E-state index contributed by atoms with van der Waals surface area (Å²) in [5.74, 6) is 1.92. The van der Waals surface area contributed by atoms with Crippen molar-refractivity contribution in [1.82, 2.24) is 0 Å². The number of halogens is 1. The molecule has 3 heteroatoms. The lowest BCUT2D eigenvalue weighted by Gasteiger charge is -2.14. The molecule has 18 heavy (non-hydrogen) atoms. The summed E-state index contributed by atoms with van der Waals surface area (Å²) < 4.78 is 13.1. The van der Waals surface area contributed by atoms with E-state index in [9.17, 15) is 4.39 Å². The molecule has 0 aliphatic carbocycles. The Hall–Kier alpha value is -0.930. The Balaban J connectivity index is 2.00. The summed E-state index contributed by atoms with van der Waals surface area (Å²) in [5.41, 5.74) is 1.29. The molecule has 2 aromatic rings. The average molecular weight is 278 g/mol. The van der Waals surface area contributed by atoms with Crippen LogP contribution in [-0.2, 0) is 0 Å². The van der Waals surface area contributed by atoms with E-state index in [2.05, 4.69) is 24.8 Å². The van der Waals surface area contributed by atoms with Gasteiger partial charge < -0.3 is 0 Å². The Morgan fingerprint density at radius 1 is 1.06 bits per heavy atom. The molecule has 0 N–H and O–H groups in total. The van der Waals surface area contributed by atoms with Gasteiger partial charge in [-0.25, -0.2) is 4.39 Å². The molecule has 0 bridgehead atoms. The van der Waals surface area contributed by atoms with Crippen molar-refractivity contribution in [2.45, 2.75) is 10.8 Å². The van der Waals surface area contributed by atoms with Gasteiger partial charge in [0.15, 0.2) is 0 Å². The molecule has 94 valence electrons. The molecule has 2 aromatic carbocycles. The van der Waals surface area contributed by atoms with Crippen molar-refractivity contribution in [3.05, 3.63) is 66.0 Å². The van der Waals surface area contributed by atoms with Crippen LogP contribution in [0.3, 0.4) is 0 Å². The van der Waals surface area contributed by atoms with Crippen molar-refractivity contribution < 1.29 is 4.39 Å². The van der Waals surface area contributed by atoms with E-state index in [-0.39, 0.29) is 5.82 Å². The molecule has 2 rings (SSSR count). The smallest absolute Gasteiger partial charge is 0.124 e. The number of hydrogen-bond acceptors (Lipinski definition) is 2. The number of hydrogen-bond donors (Lipinski definition) is 1. The summed E-state index contributed by atoms with van der Waals surface area (Å²) in [7, 11) is 0. The van der Waals surface area contributed by atoms with Crippen LogP contribution in [0.4, 0.5) is 4.39 Å². The number of thiol groups is 1. The summed E-state index contributed by atoms with van der Waals surface area (Å²) in [6.45, 7) is 0. The quantitative estimate of drug-likeness (QED) is 0.614. The van der Waals surface area contributed by atoms with E-state index in [0.717, 1.165) is 16.4 Å². The summed E-state index contributed by atoms with van der Waals surface area (Å²) in [5, 5.41) is 0. The van der Waals surface area contributed by atoms with Crippen LogP contribution in [0, 0.1) is 5.82 Å². The molecule has 0 aliphatic heterocycles. The molecule has 0 aliphatic rings. The lowest BCUT2D eigenvalue weighted by Crippen LogP contribution is -2.03. The van der Waals surface area contributed by atoms with Crippen LogP contribution in [0.25, 0.3) is 0 Å². The van der Waals surface area contributed by atoms with Gasteiger partial charge >= 0.3 is 0 Å². The number of thioether (sulfide) groups is 1. The zero-order chi connectivity index (χ0) is 12.8. The minimum Gasteiger partial charge on any atom is -0.207 e. The van der Waals surface area contributed by atoms with Gasteiger partial charge in [0.25, 0.3) is 0 Å². The molecule has 0 heterocycles. The van der Waals surface area contributed by atoms with Gasteiger partial charge in [-0.2, -0.15) is 12.6 Å². The van der Waals surface area contributed by atoms with Crippen molar-refractivity contribution in [1.29, 1.82) is 0 Å². The summed E-state index contributed by atoms with van der Waals surface area (Å²) in [4.78, 5) is 0.970. The maximum atomic E-state index is 13.1. The first kappa shape index (κ1) is 13.5. The Morgan fingerprint density at radius 3 is 2.50 bits per heavy atom. The highest BCUT2D eigenvalue weighted by molar-refractivity contribution is 7.99. The fraction of sp³-hybridized carbons (Fsp3) is 0.200. The van der Waals surface area contributed by atoms with Gasteiger partial charge in [0, 0.05) is 16.6 Å². The first-order valence-corrected chi connectivity index (χ1v) is 7.45. The molecule has 1 atom stereocenters. The standard InChI is InChI=1S/C15H15FS2/c16-14-7-4-8-15(9-14)18-11-13(10-17)12-5-2-1-3-6-12/h1-9,13,17H,10-11H2. The van der Waals surface area contributed by atoms with Gasteiger partial charge in [-0.1, -0.05) is 36.4 Å². The first-order valence-electron chi connectivity index (χ1n) is 5.84. The van der Waals surface area contributed by atoms with E-state index in [1.807, 2.05) is 24.3 Å². The second kappa shape index (κ2) is 6.86. The van der Waals surface area contributed by atoms with Gasteiger partial charge in [0.2, 0.25) is 0 Å². The van der Waals surface area contributed by atoms with Gasteiger partial charge in [-0.3, -0.25) is 0 Å². The Labute approximate surface area is 117 Å². The highest BCUT2D eigenvalue weighted by Crippen LogP contribution is 2.27. The molecule has 0 spiro atoms. The molecule has 0 fully saturated rings. The minimum absolute atomic E-state index is 0.179.